The van der Waals surface area contributed by atoms with E-state index in [9.17, 15) is 0 Å². The van der Waals surface area contributed by atoms with Crippen molar-refractivity contribution in [3.05, 3.63) is 24.8 Å². The van der Waals surface area contributed by atoms with E-state index in [1.165, 1.54) is 19.6 Å². The highest BCUT2D eigenvalue weighted by Crippen LogP contribution is 2.59. The Balaban J connectivity index is 1.52. The Morgan fingerprint density at radius 2 is 0.944 bits per heavy atom. The van der Waals surface area contributed by atoms with Gasteiger partial charge in [0.1, 0.15) is 0 Å². The van der Waals surface area contributed by atoms with Crippen LogP contribution in [0.15, 0.2) is 44.4 Å². The molecule has 18 heavy (non-hydrogen) atoms. The molecule has 6 heteroatoms. The summed E-state index contributed by atoms with van der Waals surface area (Å²) in [7, 11) is 4.20. The highest BCUT2D eigenvalue weighted by Gasteiger charge is 2.37. The zero-order valence-electron chi connectivity index (χ0n) is 9.99. The molecule has 0 unspecified atom stereocenters. The molecular formula is C12H12N2S4. The number of fused-ring (bicyclic) bond motifs is 2. The van der Waals surface area contributed by atoms with Crippen molar-refractivity contribution in [3.8, 4) is 0 Å². The third-order valence-electron chi connectivity index (χ3n) is 2.96. The molecule has 94 valence electrons. The first-order valence-electron chi connectivity index (χ1n) is 5.67. The molecule has 0 fully saturated rings. The molecule has 0 atom stereocenters. The number of aromatic nitrogens is 2. The monoisotopic (exact) mass is 312 g/mol. The molecule has 2 nitrogen and oxygen atoms in total. The lowest BCUT2D eigenvalue weighted by atomic mass is 10.7. The van der Waals surface area contributed by atoms with E-state index in [4.69, 9.17) is 0 Å². The van der Waals surface area contributed by atoms with Gasteiger partial charge in [-0.15, -0.1) is 47.0 Å². The van der Waals surface area contributed by atoms with Crippen molar-refractivity contribution in [3.63, 3.8) is 0 Å². The lowest BCUT2D eigenvalue weighted by molar-refractivity contribution is 0.915. The quantitative estimate of drug-likeness (QED) is 0.783. The summed E-state index contributed by atoms with van der Waals surface area (Å²) in [5, 5.41) is 0. The lowest BCUT2D eigenvalue weighted by Gasteiger charge is -2.15. The zero-order valence-corrected chi connectivity index (χ0v) is 13.3. The van der Waals surface area contributed by atoms with Crippen LogP contribution in [0.4, 0.5) is 0 Å². The summed E-state index contributed by atoms with van der Waals surface area (Å²) in [5.41, 5.74) is 0. The van der Waals surface area contributed by atoms with Crippen LogP contribution in [0.1, 0.15) is 0 Å². The number of hydrogen-bond acceptors (Lipinski definition) is 4. The van der Waals surface area contributed by atoms with Gasteiger partial charge in [-0.25, -0.2) is 0 Å². The number of rotatable bonds is 1. The second kappa shape index (κ2) is 4.23. The summed E-state index contributed by atoms with van der Waals surface area (Å²) in [6.07, 6.45) is 8.96. The van der Waals surface area contributed by atoms with Crippen LogP contribution in [-0.2, 0) is 14.1 Å². The topological polar surface area (TPSA) is 9.86 Å². The second-order valence-corrected chi connectivity index (χ2v) is 9.84. The Kier molecular flexibility index (Phi) is 2.76. The number of hydrogen-bond donors (Lipinski definition) is 0. The van der Waals surface area contributed by atoms with Gasteiger partial charge >= 0.3 is 0 Å². The van der Waals surface area contributed by atoms with Crippen molar-refractivity contribution in [2.75, 3.05) is 0 Å². The smallest absolute Gasteiger partial charge is 0.0815 e. The maximum atomic E-state index is 2.24. The van der Waals surface area contributed by atoms with Gasteiger partial charge in [0, 0.05) is 58.5 Å². The molecule has 0 saturated heterocycles. The molecule has 2 aliphatic rings. The van der Waals surface area contributed by atoms with Gasteiger partial charge in [0.2, 0.25) is 0 Å². The van der Waals surface area contributed by atoms with E-state index in [2.05, 4.69) is 48.0 Å². The van der Waals surface area contributed by atoms with Crippen LogP contribution < -0.4 is 0 Å². The molecule has 0 spiro atoms. The first-order valence-corrected chi connectivity index (χ1v) is 9.19. The van der Waals surface area contributed by atoms with Gasteiger partial charge in [-0.3, -0.25) is 0 Å². The van der Waals surface area contributed by atoms with Crippen molar-refractivity contribution in [1.82, 2.24) is 9.13 Å². The summed E-state index contributed by atoms with van der Waals surface area (Å²) in [6, 6.07) is 0. The highest BCUT2D eigenvalue weighted by atomic mass is 32.2. The van der Waals surface area contributed by atoms with E-state index in [1.54, 1.807) is 0 Å². The lowest BCUT2D eigenvalue weighted by Crippen LogP contribution is -2.07. The van der Waals surface area contributed by atoms with Crippen LogP contribution in [0, 0.1) is 0 Å². The van der Waals surface area contributed by atoms with Gasteiger partial charge in [-0.1, -0.05) is 0 Å². The fourth-order valence-corrected chi connectivity index (χ4v) is 8.76. The van der Waals surface area contributed by atoms with E-state index >= 15 is 0 Å². The van der Waals surface area contributed by atoms with Crippen LogP contribution in [0.25, 0.3) is 0 Å². The van der Waals surface area contributed by atoms with E-state index in [1.807, 2.05) is 47.0 Å². The molecule has 0 amide bonds. The molecule has 0 radical (unpaired) electrons. The zero-order chi connectivity index (χ0) is 12.3. The normalized spacial score (nSPS) is 19.4. The number of aryl methyl sites for hydroxylation is 2. The van der Waals surface area contributed by atoms with E-state index in [-0.39, 0.29) is 0 Å². The molecule has 0 aromatic carbocycles. The molecule has 0 saturated carbocycles. The Hall–Kier alpha value is -0.0400. The maximum Gasteiger partial charge on any atom is 0.0815 e. The van der Waals surface area contributed by atoms with Crippen LogP contribution in [-0.4, -0.2) is 18.3 Å². The minimum absolute atomic E-state index is 0.643. The van der Waals surface area contributed by atoms with Gasteiger partial charge in [-0.05, 0) is 0 Å². The molecule has 2 aromatic heterocycles. The molecule has 0 aliphatic carbocycles. The Morgan fingerprint density at radius 1 is 0.667 bits per heavy atom. The summed E-state index contributed by atoms with van der Waals surface area (Å²) in [4.78, 5) is 5.80. The van der Waals surface area contributed by atoms with E-state index in [0.717, 1.165) is 0 Å². The molecular weight excluding hydrogens is 300 g/mol. The fraction of sp³-hybridized carbons (Fsp3) is 0.333. The summed E-state index contributed by atoms with van der Waals surface area (Å²) >= 11 is 8.10. The number of thioether (sulfide) groups is 4. The van der Waals surface area contributed by atoms with Crippen molar-refractivity contribution in [1.29, 1.82) is 0 Å². The maximum absolute atomic E-state index is 2.24. The summed E-state index contributed by atoms with van der Waals surface area (Å²) in [6.45, 7) is 0. The first-order chi connectivity index (χ1) is 8.69. The Bertz CT molecular complexity index is 514. The molecule has 0 bridgehead atoms. The van der Waals surface area contributed by atoms with Crippen LogP contribution in [0.5, 0.6) is 0 Å². The van der Waals surface area contributed by atoms with E-state index in [0.29, 0.717) is 9.16 Å². The average Bonchev–Trinajstić information content (AvgIpc) is 2.94. The first kappa shape index (κ1) is 11.8. The third kappa shape index (κ3) is 1.85. The average molecular weight is 313 g/mol. The summed E-state index contributed by atoms with van der Waals surface area (Å²) in [5.74, 6) is 0. The Labute approximate surface area is 123 Å². The van der Waals surface area contributed by atoms with Crippen LogP contribution in [0.2, 0.25) is 0 Å². The molecule has 0 N–H and O–H groups in total. The molecule has 2 aromatic rings. The van der Waals surface area contributed by atoms with E-state index < -0.39 is 0 Å². The molecule has 4 rings (SSSR count). The van der Waals surface area contributed by atoms with Gasteiger partial charge in [0.15, 0.2) is 0 Å². The molecule has 2 aliphatic heterocycles. The predicted molar refractivity (Wildman–Crippen MR) is 81.8 cm³/mol. The predicted octanol–water partition coefficient (Wildman–Crippen LogP) is 4.11. The second-order valence-electron chi connectivity index (χ2n) is 4.51. The van der Waals surface area contributed by atoms with Gasteiger partial charge in [-0.2, -0.15) is 0 Å². The van der Waals surface area contributed by atoms with Gasteiger partial charge < -0.3 is 9.13 Å². The third-order valence-corrected chi connectivity index (χ3v) is 9.40. The van der Waals surface area contributed by atoms with Crippen LogP contribution >= 0.6 is 47.0 Å². The van der Waals surface area contributed by atoms with Crippen molar-refractivity contribution >= 4 is 47.0 Å². The van der Waals surface area contributed by atoms with Gasteiger partial charge in [0.05, 0.1) is 9.16 Å². The highest BCUT2D eigenvalue weighted by molar-refractivity contribution is 8.26. The standard InChI is InChI=1S/C12H12N2S4/c1-13-3-7-8(4-13)16-11(15-7)12-17-9-5-14(2)6-10(9)18-12/h3-6,11-12H,1-2H3. The largest absolute Gasteiger partial charge is 0.355 e. The van der Waals surface area contributed by atoms with Crippen LogP contribution in [0.3, 0.4) is 0 Å². The minimum atomic E-state index is 0.643. The van der Waals surface area contributed by atoms with Crippen molar-refractivity contribution in [2.45, 2.75) is 28.7 Å². The van der Waals surface area contributed by atoms with Crippen molar-refractivity contribution < 1.29 is 0 Å². The van der Waals surface area contributed by atoms with Gasteiger partial charge in [0.25, 0.3) is 0 Å². The fourth-order valence-electron chi connectivity index (χ4n) is 2.19. The summed E-state index contributed by atoms with van der Waals surface area (Å²) < 4.78 is 5.60. The SMILES string of the molecule is Cn1cc2c(c1)SC(C1Sc3cn(C)cc3S1)S2. The number of nitrogens with zero attached hydrogens (tertiary/aromatic N) is 2. The Morgan fingerprint density at radius 3 is 1.22 bits per heavy atom. The minimum Gasteiger partial charge on any atom is -0.355 e. The van der Waals surface area contributed by atoms with Crippen molar-refractivity contribution in [2.24, 2.45) is 14.1 Å². The molecule has 4 heterocycles.